The summed E-state index contributed by atoms with van der Waals surface area (Å²) in [6, 6.07) is 9.60. The number of aromatic nitrogens is 2. The molecule has 0 bridgehead atoms. The highest BCUT2D eigenvalue weighted by Crippen LogP contribution is 2.20. The Morgan fingerprint density at radius 2 is 1.91 bits per heavy atom. The number of nitrogens with two attached hydrogens (primary N) is 1. The van der Waals surface area contributed by atoms with Gasteiger partial charge in [-0.1, -0.05) is 44.2 Å². The molecule has 1 aliphatic heterocycles. The molecule has 2 aromatic rings. The lowest BCUT2D eigenvalue weighted by Gasteiger charge is -2.25. The summed E-state index contributed by atoms with van der Waals surface area (Å²) >= 11 is 0. The van der Waals surface area contributed by atoms with E-state index in [1.54, 1.807) is 0 Å². The maximum absolute atomic E-state index is 13.1. The Morgan fingerprint density at radius 3 is 2.57 bits per heavy atom. The highest BCUT2D eigenvalue weighted by atomic mass is 16.5. The highest BCUT2D eigenvalue weighted by molar-refractivity contribution is 6.03. The number of hydrazone groups is 1. The van der Waals surface area contributed by atoms with Crippen LogP contribution in [-0.4, -0.2) is 58.9 Å². The maximum atomic E-state index is 13.1. The Labute approximate surface area is 203 Å². The summed E-state index contributed by atoms with van der Waals surface area (Å²) in [4.78, 5) is 54.2. The van der Waals surface area contributed by atoms with Crippen molar-refractivity contribution in [3.8, 4) is 0 Å². The van der Waals surface area contributed by atoms with Gasteiger partial charge in [-0.15, -0.1) is 0 Å². The first-order valence-electron chi connectivity index (χ1n) is 11.6. The van der Waals surface area contributed by atoms with E-state index < -0.39 is 17.2 Å². The minimum Gasteiger partial charge on any atom is -0.383 e. The molecular formula is C24H32N6O5. The molecule has 3 N–H and O–H groups in total. The number of hydrogen-bond acceptors (Lipinski definition) is 7. The van der Waals surface area contributed by atoms with Crippen molar-refractivity contribution in [2.75, 3.05) is 37.4 Å². The number of nitrogens with one attached hydrogen (secondary N) is 1. The van der Waals surface area contributed by atoms with E-state index in [0.29, 0.717) is 13.0 Å². The third-order valence-corrected chi connectivity index (χ3v) is 5.60. The van der Waals surface area contributed by atoms with Gasteiger partial charge in [0.05, 0.1) is 18.9 Å². The first-order chi connectivity index (χ1) is 16.7. The molecule has 1 aromatic carbocycles. The van der Waals surface area contributed by atoms with E-state index in [2.05, 4.69) is 10.1 Å². The van der Waals surface area contributed by atoms with Crippen molar-refractivity contribution in [2.24, 2.45) is 11.0 Å². The molecule has 1 aromatic heterocycles. The predicted octanol–water partition coefficient (Wildman–Crippen LogP) is 1.17. The normalized spacial score (nSPS) is 13.3. The Kier molecular flexibility index (Phi) is 8.58. The number of hydrogen-bond donors (Lipinski definition) is 2. The molecule has 2 heterocycles. The number of aromatic amines is 1. The third-order valence-electron chi connectivity index (χ3n) is 5.60. The molecule has 188 valence electrons. The summed E-state index contributed by atoms with van der Waals surface area (Å²) in [5.41, 5.74) is 6.44. The van der Waals surface area contributed by atoms with Gasteiger partial charge < -0.3 is 15.4 Å². The van der Waals surface area contributed by atoms with Gasteiger partial charge in [0.1, 0.15) is 5.82 Å². The van der Waals surface area contributed by atoms with E-state index in [9.17, 15) is 19.2 Å². The number of nitrogens with zero attached hydrogens (tertiary/aromatic N) is 4. The fraction of sp³-hybridized carbons (Fsp3) is 0.458. The van der Waals surface area contributed by atoms with Gasteiger partial charge in [-0.2, -0.15) is 5.10 Å². The summed E-state index contributed by atoms with van der Waals surface area (Å²) in [7, 11) is 1.47. The minimum absolute atomic E-state index is 0.0384. The Bertz CT molecular complexity index is 1200. The van der Waals surface area contributed by atoms with E-state index in [1.807, 2.05) is 44.2 Å². The van der Waals surface area contributed by atoms with E-state index in [4.69, 9.17) is 10.5 Å². The van der Waals surface area contributed by atoms with Crippen LogP contribution >= 0.6 is 0 Å². The molecule has 35 heavy (non-hydrogen) atoms. The van der Waals surface area contributed by atoms with Crippen LogP contribution in [0.1, 0.15) is 38.7 Å². The molecule has 0 unspecified atom stereocenters. The number of carbonyl (C=O) groups is 2. The first-order valence-corrected chi connectivity index (χ1v) is 11.6. The third kappa shape index (κ3) is 6.24. The SMILES string of the molecule is COCCN(C(=O)CCC(=O)N1CCC(c2ccccc2)=N1)c1c(N)n(CC(C)C)c(=O)[nH]c1=O. The van der Waals surface area contributed by atoms with Crippen molar-refractivity contribution in [2.45, 2.75) is 39.7 Å². The Morgan fingerprint density at radius 1 is 1.20 bits per heavy atom. The van der Waals surface area contributed by atoms with Crippen LogP contribution in [0, 0.1) is 5.92 Å². The average Bonchev–Trinajstić information content (AvgIpc) is 3.33. The van der Waals surface area contributed by atoms with Gasteiger partial charge >= 0.3 is 5.69 Å². The summed E-state index contributed by atoms with van der Waals surface area (Å²) in [5, 5.41) is 5.78. The van der Waals surface area contributed by atoms with E-state index in [-0.39, 0.29) is 55.9 Å². The minimum atomic E-state index is -0.764. The van der Waals surface area contributed by atoms with E-state index in [1.165, 1.54) is 21.6 Å². The molecule has 0 aliphatic carbocycles. The number of amides is 2. The molecule has 1 aliphatic rings. The number of ether oxygens (including phenoxy) is 1. The second kappa shape index (κ2) is 11.6. The Hall–Kier alpha value is -3.73. The second-order valence-corrected chi connectivity index (χ2v) is 8.72. The highest BCUT2D eigenvalue weighted by Gasteiger charge is 2.27. The van der Waals surface area contributed by atoms with Crippen LogP contribution in [0.2, 0.25) is 0 Å². The van der Waals surface area contributed by atoms with Crippen LogP contribution in [0.3, 0.4) is 0 Å². The number of nitrogen functional groups attached to an aromatic ring is 1. The number of methoxy groups -OCH3 is 1. The molecule has 11 heteroatoms. The molecule has 0 spiro atoms. The van der Waals surface area contributed by atoms with Crippen molar-refractivity contribution < 1.29 is 14.3 Å². The topological polar surface area (TPSA) is 143 Å². The van der Waals surface area contributed by atoms with Crippen molar-refractivity contribution in [3.05, 3.63) is 56.7 Å². The largest absolute Gasteiger partial charge is 0.383 e. The van der Waals surface area contributed by atoms with Gasteiger partial charge in [0.2, 0.25) is 11.8 Å². The quantitative estimate of drug-likeness (QED) is 0.518. The summed E-state index contributed by atoms with van der Waals surface area (Å²) in [6.07, 6.45) is 0.391. The molecule has 2 amide bonds. The van der Waals surface area contributed by atoms with Crippen molar-refractivity contribution in [1.82, 2.24) is 14.6 Å². The fourth-order valence-corrected chi connectivity index (χ4v) is 3.88. The van der Waals surface area contributed by atoms with Gasteiger partial charge in [0.15, 0.2) is 5.69 Å². The summed E-state index contributed by atoms with van der Waals surface area (Å²) in [5.74, 6) is -0.785. The van der Waals surface area contributed by atoms with Gasteiger partial charge in [0.25, 0.3) is 5.56 Å². The lowest BCUT2D eigenvalue weighted by molar-refractivity contribution is -0.132. The molecule has 11 nitrogen and oxygen atoms in total. The van der Waals surface area contributed by atoms with Gasteiger partial charge in [-0.3, -0.25) is 23.9 Å². The molecule has 3 rings (SSSR count). The molecule has 0 atom stereocenters. The van der Waals surface area contributed by atoms with Gasteiger partial charge in [-0.25, -0.2) is 9.80 Å². The smallest absolute Gasteiger partial charge is 0.330 e. The number of carbonyl (C=O) groups excluding carboxylic acids is 2. The fourth-order valence-electron chi connectivity index (χ4n) is 3.88. The number of anilines is 2. The van der Waals surface area contributed by atoms with Gasteiger partial charge in [0, 0.05) is 39.5 Å². The monoisotopic (exact) mass is 484 g/mol. The number of rotatable bonds is 10. The lowest BCUT2D eigenvalue weighted by atomic mass is 10.1. The molecule has 0 saturated carbocycles. The molecule has 0 radical (unpaired) electrons. The van der Waals surface area contributed by atoms with Crippen LogP contribution in [0.15, 0.2) is 45.0 Å². The molecule has 0 fully saturated rings. The molecule has 0 saturated heterocycles. The second-order valence-electron chi connectivity index (χ2n) is 8.72. The number of benzene rings is 1. The van der Waals surface area contributed by atoms with Crippen LogP contribution in [0.5, 0.6) is 0 Å². The number of H-pyrrole nitrogens is 1. The van der Waals surface area contributed by atoms with Crippen LogP contribution in [0.4, 0.5) is 11.5 Å². The first kappa shape index (κ1) is 25.9. The summed E-state index contributed by atoms with van der Waals surface area (Å²) < 4.78 is 6.33. The van der Waals surface area contributed by atoms with Crippen LogP contribution in [0.25, 0.3) is 0 Å². The van der Waals surface area contributed by atoms with Gasteiger partial charge in [-0.05, 0) is 11.5 Å². The van der Waals surface area contributed by atoms with E-state index in [0.717, 1.165) is 11.3 Å². The zero-order valence-electron chi connectivity index (χ0n) is 20.3. The lowest BCUT2D eigenvalue weighted by Crippen LogP contribution is -2.43. The van der Waals surface area contributed by atoms with E-state index >= 15 is 0 Å². The molecular weight excluding hydrogens is 452 g/mol. The zero-order chi connectivity index (χ0) is 25.5. The maximum Gasteiger partial charge on any atom is 0.330 e. The standard InChI is InChI=1S/C24H32N6O5/c1-16(2)15-29-22(25)21(23(33)26-24(29)34)28(13-14-35-3)19(31)9-10-20(32)30-12-11-18(27-30)17-7-5-4-6-8-17/h4-8,16H,9-15,25H2,1-3H3,(H,26,33,34). The predicted molar refractivity (Wildman–Crippen MR) is 133 cm³/mol. The van der Waals surface area contributed by atoms with Crippen LogP contribution in [-0.2, 0) is 20.9 Å². The average molecular weight is 485 g/mol. The van der Waals surface area contributed by atoms with Crippen molar-refractivity contribution >= 4 is 29.0 Å². The van der Waals surface area contributed by atoms with Crippen molar-refractivity contribution in [3.63, 3.8) is 0 Å². The zero-order valence-corrected chi connectivity index (χ0v) is 20.3. The Balaban J connectivity index is 1.77. The van der Waals surface area contributed by atoms with Crippen molar-refractivity contribution in [1.29, 1.82) is 0 Å². The van der Waals surface area contributed by atoms with Crippen LogP contribution < -0.4 is 21.9 Å². The summed E-state index contributed by atoms with van der Waals surface area (Å²) in [6.45, 7) is 4.70.